The fraction of sp³-hybridized carbons (Fsp3) is 0.545. The van der Waals surface area contributed by atoms with Crippen molar-refractivity contribution >= 4 is 5.69 Å². The Kier molecular flexibility index (Phi) is 4.47. The van der Waals surface area contributed by atoms with Gasteiger partial charge in [-0.2, -0.15) is 0 Å². The van der Waals surface area contributed by atoms with Crippen LogP contribution in [0, 0.1) is 5.92 Å². The number of hydrogen-bond acceptors (Lipinski definition) is 3. The monoisotopic (exact) mass is 350 g/mol. The van der Waals surface area contributed by atoms with Gasteiger partial charge in [-0.05, 0) is 61.4 Å². The summed E-state index contributed by atoms with van der Waals surface area (Å²) in [7, 11) is 0. The van der Waals surface area contributed by atoms with Crippen LogP contribution in [0.1, 0.15) is 24.0 Å². The van der Waals surface area contributed by atoms with Gasteiger partial charge in [0.05, 0.1) is 6.67 Å². The average molecular weight is 351 g/mol. The number of piperidine rings is 1. The molecule has 0 amide bonds. The number of hydrogen-bond donors (Lipinski definition) is 1. The Hall–Kier alpha value is -1.78. The molecule has 138 valence electrons. The summed E-state index contributed by atoms with van der Waals surface area (Å²) in [6, 6.07) is 11.6. The number of fused-ring (bicyclic) bond motifs is 2. The lowest BCUT2D eigenvalue weighted by Crippen LogP contribution is -2.56. The molecule has 2 saturated heterocycles. The van der Waals surface area contributed by atoms with Gasteiger partial charge in [-0.3, -0.25) is 9.80 Å². The second kappa shape index (κ2) is 7.09. The molecule has 0 bridgehead atoms. The SMILES string of the molecule is c1ccc(N2CCN(CN3CCC[C@H]4Cc5c[nH]cc5C[C@@H]43)CC2)cc1. The number of benzene rings is 1. The lowest BCUT2D eigenvalue weighted by molar-refractivity contribution is 0.0285. The van der Waals surface area contributed by atoms with E-state index in [2.05, 4.69) is 62.4 Å². The summed E-state index contributed by atoms with van der Waals surface area (Å²) in [5.41, 5.74) is 4.51. The summed E-state index contributed by atoms with van der Waals surface area (Å²) in [4.78, 5) is 11.3. The van der Waals surface area contributed by atoms with Crippen molar-refractivity contribution in [3.8, 4) is 0 Å². The Morgan fingerprint density at radius 2 is 1.65 bits per heavy atom. The molecular weight excluding hydrogens is 320 g/mol. The first kappa shape index (κ1) is 16.4. The van der Waals surface area contributed by atoms with Crippen LogP contribution in [-0.2, 0) is 12.8 Å². The van der Waals surface area contributed by atoms with E-state index in [0.717, 1.165) is 31.7 Å². The van der Waals surface area contributed by atoms with Crippen LogP contribution in [0.25, 0.3) is 0 Å². The molecule has 1 N–H and O–H groups in total. The Morgan fingerprint density at radius 1 is 0.885 bits per heavy atom. The number of H-pyrrole nitrogens is 1. The number of anilines is 1. The van der Waals surface area contributed by atoms with Crippen LogP contribution in [0.5, 0.6) is 0 Å². The number of nitrogens with zero attached hydrogens (tertiary/aromatic N) is 3. The molecule has 2 aromatic rings. The zero-order valence-corrected chi connectivity index (χ0v) is 15.6. The second-order valence-corrected chi connectivity index (χ2v) is 8.28. The van der Waals surface area contributed by atoms with Crippen LogP contribution >= 0.6 is 0 Å². The van der Waals surface area contributed by atoms with Crippen molar-refractivity contribution in [3.63, 3.8) is 0 Å². The molecule has 3 heterocycles. The lowest BCUT2D eigenvalue weighted by Gasteiger charge is -2.47. The third-order valence-corrected chi connectivity index (χ3v) is 6.75. The molecule has 4 nitrogen and oxygen atoms in total. The summed E-state index contributed by atoms with van der Waals surface area (Å²) in [6.45, 7) is 7.08. The maximum Gasteiger partial charge on any atom is 0.0510 e. The van der Waals surface area contributed by atoms with Crippen molar-refractivity contribution in [2.24, 2.45) is 5.92 Å². The predicted octanol–water partition coefficient (Wildman–Crippen LogP) is 2.97. The number of likely N-dealkylation sites (tertiary alicyclic amines) is 1. The minimum absolute atomic E-state index is 0.749. The summed E-state index contributed by atoms with van der Waals surface area (Å²) < 4.78 is 0. The molecule has 0 spiro atoms. The van der Waals surface area contributed by atoms with Gasteiger partial charge in [-0.25, -0.2) is 0 Å². The van der Waals surface area contributed by atoms with Crippen molar-refractivity contribution < 1.29 is 0 Å². The van der Waals surface area contributed by atoms with Gasteiger partial charge in [0.25, 0.3) is 0 Å². The highest BCUT2D eigenvalue weighted by molar-refractivity contribution is 5.46. The molecule has 0 unspecified atom stereocenters. The number of para-hydroxylation sites is 1. The second-order valence-electron chi connectivity index (χ2n) is 8.28. The first-order valence-corrected chi connectivity index (χ1v) is 10.3. The largest absolute Gasteiger partial charge is 0.369 e. The highest BCUT2D eigenvalue weighted by atomic mass is 15.4. The Balaban J connectivity index is 1.20. The number of aromatic nitrogens is 1. The maximum absolute atomic E-state index is 3.33. The fourth-order valence-corrected chi connectivity index (χ4v) is 5.28. The maximum atomic E-state index is 3.33. The standard InChI is InChI=1S/C22H30N4/c1-2-6-21(7-3-1)25-11-9-24(10-12-25)17-26-8-4-5-18-13-19-15-23-16-20(19)14-22(18)26/h1-3,6-7,15-16,18,22-23H,4-5,8-14,17H2/t18-,22-/m0/s1. The summed E-state index contributed by atoms with van der Waals surface area (Å²) >= 11 is 0. The van der Waals surface area contributed by atoms with E-state index in [1.54, 1.807) is 11.1 Å². The van der Waals surface area contributed by atoms with E-state index >= 15 is 0 Å². The van der Waals surface area contributed by atoms with Crippen molar-refractivity contribution in [1.29, 1.82) is 0 Å². The minimum Gasteiger partial charge on any atom is -0.369 e. The topological polar surface area (TPSA) is 25.5 Å². The van der Waals surface area contributed by atoms with Crippen LogP contribution in [-0.4, -0.2) is 60.2 Å². The van der Waals surface area contributed by atoms with Gasteiger partial charge in [-0.15, -0.1) is 0 Å². The van der Waals surface area contributed by atoms with Gasteiger partial charge in [0, 0.05) is 50.3 Å². The normalized spacial score (nSPS) is 27.2. The lowest BCUT2D eigenvalue weighted by atomic mass is 9.77. The average Bonchev–Trinajstić information content (AvgIpc) is 3.15. The molecule has 0 saturated carbocycles. The van der Waals surface area contributed by atoms with Crippen LogP contribution in [0.3, 0.4) is 0 Å². The Morgan fingerprint density at radius 3 is 2.46 bits per heavy atom. The summed E-state index contributed by atoms with van der Waals surface area (Å²) in [5, 5.41) is 0. The van der Waals surface area contributed by atoms with Gasteiger partial charge in [0.2, 0.25) is 0 Å². The van der Waals surface area contributed by atoms with Gasteiger partial charge in [-0.1, -0.05) is 18.2 Å². The predicted molar refractivity (Wildman–Crippen MR) is 107 cm³/mol. The van der Waals surface area contributed by atoms with Crippen molar-refractivity contribution in [2.75, 3.05) is 44.3 Å². The van der Waals surface area contributed by atoms with E-state index in [1.807, 2.05) is 0 Å². The number of nitrogens with one attached hydrogen (secondary N) is 1. The van der Waals surface area contributed by atoms with Crippen LogP contribution in [0.2, 0.25) is 0 Å². The van der Waals surface area contributed by atoms with Crippen LogP contribution < -0.4 is 4.90 Å². The minimum atomic E-state index is 0.749. The van der Waals surface area contributed by atoms with E-state index in [4.69, 9.17) is 0 Å². The quantitative estimate of drug-likeness (QED) is 0.921. The molecule has 5 rings (SSSR count). The van der Waals surface area contributed by atoms with E-state index < -0.39 is 0 Å². The van der Waals surface area contributed by atoms with Crippen molar-refractivity contribution in [2.45, 2.75) is 31.7 Å². The van der Waals surface area contributed by atoms with Gasteiger partial charge in [0.1, 0.15) is 0 Å². The summed E-state index contributed by atoms with van der Waals surface area (Å²) in [6.07, 6.45) is 9.76. The van der Waals surface area contributed by atoms with Gasteiger partial charge < -0.3 is 9.88 Å². The van der Waals surface area contributed by atoms with E-state index in [-0.39, 0.29) is 0 Å². The molecule has 26 heavy (non-hydrogen) atoms. The van der Waals surface area contributed by atoms with Crippen LogP contribution in [0.4, 0.5) is 5.69 Å². The number of piperazine rings is 1. The van der Waals surface area contributed by atoms with Crippen molar-refractivity contribution in [1.82, 2.24) is 14.8 Å². The van der Waals surface area contributed by atoms with E-state index in [0.29, 0.717) is 0 Å². The van der Waals surface area contributed by atoms with Crippen molar-refractivity contribution in [3.05, 3.63) is 53.9 Å². The van der Waals surface area contributed by atoms with E-state index in [9.17, 15) is 0 Å². The smallest absolute Gasteiger partial charge is 0.0510 e. The van der Waals surface area contributed by atoms with Crippen LogP contribution in [0.15, 0.2) is 42.7 Å². The third-order valence-electron chi connectivity index (χ3n) is 6.75. The van der Waals surface area contributed by atoms with Gasteiger partial charge in [0.15, 0.2) is 0 Å². The third kappa shape index (κ3) is 3.17. The molecule has 3 aliphatic rings. The molecule has 1 aromatic carbocycles. The number of aromatic amines is 1. The van der Waals surface area contributed by atoms with E-state index in [1.165, 1.54) is 51.0 Å². The highest BCUT2D eigenvalue weighted by Crippen LogP contribution is 2.35. The number of rotatable bonds is 3. The molecule has 0 radical (unpaired) electrons. The molecule has 2 fully saturated rings. The first-order valence-electron chi connectivity index (χ1n) is 10.3. The zero-order chi connectivity index (χ0) is 17.3. The summed E-state index contributed by atoms with van der Waals surface area (Å²) in [5.74, 6) is 0.859. The molecule has 4 heteroatoms. The Labute approximate surface area is 156 Å². The van der Waals surface area contributed by atoms with Gasteiger partial charge >= 0.3 is 0 Å². The Bertz CT molecular complexity index is 717. The molecular formula is C22H30N4. The fourth-order valence-electron chi connectivity index (χ4n) is 5.28. The molecule has 1 aliphatic carbocycles. The molecule has 2 aliphatic heterocycles. The first-order chi connectivity index (χ1) is 12.9. The highest BCUT2D eigenvalue weighted by Gasteiger charge is 2.36. The molecule has 1 aromatic heterocycles. The molecule has 2 atom stereocenters. The zero-order valence-electron chi connectivity index (χ0n) is 15.6.